The summed E-state index contributed by atoms with van der Waals surface area (Å²) in [5, 5.41) is 8.95. The number of rotatable bonds is 7. The lowest BCUT2D eigenvalue weighted by molar-refractivity contribution is 1.28. The molecule has 0 saturated carbocycles. The molecule has 0 saturated heterocycles. The van der Waals surface area contributed by atoms with Crippen LogP contribution in [0.2, 0.25) is 0 Å². The maximum absolute atomic E-state index is 3.76. The first-order chi connectivity index (χ1) is 25.7. The van der Waals surface area contributed by atoms with Crippen molar-refractivity contribution in [3.05, 3.63) is 188 Å². The van der Waals surface area contributed by atoms with Crippen molar-refractivity contribution >= 4 is 91.5 Å². The summed E-state index contributed by atoms with van der Waals surface area (Å²) in [5.74, 6) is 0. The van der Waals surface area contributed by atoms with E-state index >= 15 is 0 Å². The summed E-state index contributed by atoms with van der Waals surface area (Å²) >= 11 is 3.71. The van der Waals surface area contributed by atoms with Gasteiger partial charge in [-0.15, -0.1) is 22.7 Å². The molecule has 52 heavy (non-hydrogen) atoms. The highest BCUT2D eigenvalue weighted by Crippen LogP contribution is 2.42. The summed E-state index contributed by atoms with van der Waals surface area (Å²) in [7, 11) is 0. The van der Waals surface area contributed by atoms with Crippen LogP contribution in [0.5, 0.6) is 0 Å². The van der Waals surface area contributed by atoms with E-state index in [0.29, 0.717) is 0 Å². The van der Waals surface area contributed by atoms with Crippen LogP contribution in [0.4, 0.5) is 28.4 Å². The van der Waals surface area contributed by atoms with E-state index in [4.69, 9.17) is 0 Å². The minimum atomic E-state index is 1.11. The molecule has 0 unspecified atom stereocenters. The van der Waals surface area contributed by atoms with Crippen LogP contribution in [-0.2, 0) is 0 Å². The molecule has 0 bridgehead atoms. The maximum atomic E-state index is 3.76. The van der Waals surface area contributed by atoms with Gasteiger partial charge in [0.15, 0.2) is 0 Å². The fourth-order valence-electron chi connectivity index (χ4n) is 7.35. The van der Waals surface area contributed by atoms with Crippen LogP contribution in [0.25, 0.3) is 62.6 Å². The zero-order valence-corrected chi connectivity index (χ0v) is 29.8. The Morgan fingerprint density at radius 2 is 0.942 bits per heavy atom. The van der Waals surface area contributed by atoms with Gasteiger partial charge in [-0.25, -0.2) is 0 Å². The first-order valence-corrected chi connectivity index (χ1v) is 19.1. The van der Waals surface area contributed by atoms with E-state index in [-0.39, 0.29) is 0 Å². The lowest BCUT2D eigenvalue weighted by Crippen LogP contribution is -2.09. The molecule has 246 valence electrons. The molecule has 0 radical (unpaired) electrons. The van der Waals surface area contributed by atoms with Gasteiger partial charge in [0.1, 0.15) is 0 Å². The monoisotopic (exact) mass is 700 g/mol. The molecule has 0 amide bonds. The van der Waals surface area contributed by atoms with Crippen LogP contribution >= 0.6 is 22.7 Å². The first kappa shape index (κ1) is 30.6. The van der Waals surface area contributed by atoms with Crippen LogP contribution < -0.4 is 10.2 Å². The molecular formula is C48H32N2S2. The molecule has 2 aromatic heterocycles. The van der Waals surface area contributed by atoms with Crippen molar-refractivity contribution in [1.82, 2.24) is 0 Å². The predicted molar refractivity (Wildman–Crippen MR) is 227 cm³/mol. The standard InChI is InChI=1S/C48H32N2S2/c1-3-13-37(14-4-1)50(38-15-5-2-6-16-38)39-25-21-32(22-26-39)33-11-9-12-34(29-33)35-23-28-45-42(30-35)40-27-24-36(31-47(40)52-45)49-43-18-10-20-46-48(43)41-17-7-8-19-44(41)51-46/h1-31,49H. The van der Waals surface area contributed by atoms with E-state index in [2.05, 4.69) is 198 Å². The zero-order valence-electron chi connectivity index (χ0n) is 28.2. The highest BCUT2D eigenvalue weighted by molar-refractivity contribution is 7.26. The third-order valence-corrected chi connectivity index (χ3v) is 12.1. The molecule has 1 N–H and O–H groups in total. The van der Waals surface area contributed by atoms with Gasteiger partial charge in [-0.2, -0.15) is 0 Å². The molecule has 0 aliphatic carbocycles. The number of benzene rings is 8. The summed E-state index contributed by atoms with van der Waals surface area (Å²) in [5.41, 5.74) is 10.5. The lowest BCUT2D eigenvalue weighted by Gasteiger charge is -2.25. The molecule has 0 aliphatic rings. The van der Waals surface area contributed by atoms with Crippen LogP contribution in [0.3, 0.4) is 0 Å². The van der Waals surface area contributed by atoms with Gasteiger partial charge in [0.2, 0.25) is 0 Å². The molecule has 0 fully saturated rings. The molecule has 10 aromatic rings. The summed E-state index contributed by atoms with van der Waals surface area (Å²) in [4.78, 5) is 2.30. The number of nitrogens with one attached hydrogen (secondary N) is 1. The fraction of sp³-hybridized carbons (Fsp3) is 0. The van der Waals surface area contributed by atoms with Crippen molar-refractivity contribution in [1.29, 1.82) is 0 Å². The molecule has 0 spiro atoms. The second-order valence-corrected chi connectivity index (χ2v) is 15.2. The first-order valence-electron chi connectivity index (χ1n) is 17.5. The average molecular weight is 701 g/mol. The topological polar surface area (TPSA) is 15.3 Å². The third kappa shape index (κ3) is 5.50. The Bertz CT molecular complexity index is 2830. The molecule has 10 rings (SSSR count). The Morgan fingerprint density at radius 3 is 1.73 bits per heavy atom. The summed E-state index contributed by atoms with van der Waals surface area (Å²) in [6.07, 6.45) is 0. The van der Waals surface area contributed by atoms with Crippen molar-refractivity contribution in [3.63, 3.8) is 0 Å². The van der Waals surface area contributed by atoms with E-state index in [1.54, 1.807) is 0 Å². The van der Waals surface area contributed by atoms with Crippen molar-refractivity contribution in [2.75, 3.05) is 10.2 Å². The third-order valence-electron chi connectivity index (χ3n) is 9.84. The predicted octanol–water partition coefficient (Wildman–Crippen LogP) is 15.0. The summed E-state index contributed by atoms with van der Waals surface area (Å²) < 4.78 is 5.21. The lowest BCUT2D eigenvalue weighted by atomic mass is 9.97. The van der Waals surface area contributed by atoms with Gasteiger partial charge in [0.25, 0.3) is 0 Å². The number of hydrogen-bond acceptors (Lipinski definition) is 4. The highest BCUT2D eigenvalue weighted by Gasteiger charge is 2.14. The van der Waals surface area contributed by atoms with Gasteiger partial charge >= 0.3 is 0 Å². The zero-order chi connectivity index (χ0) is 34.4. The Hall–Kier alpha value is -6.20. The second kappa shape index (κ2) is 12.8. The molecule has 2 nitrogen and oxygen atoms in total. The van der Waals surface area contributed by atoms with E-state index in [0.717, 1.165) is 28.4 Å². The minimum absolute atomic E-state index is 1.11. The van der Waals surface area contributed by atoms with Crippen LogP contribution in [0, 0.1) is 0 Å². The largest absolute Gasteiger partial charge is 0.355 e. The molecular weight excluding hydrogens is 669 g/mol. The van der Waals surface area contributed by atoms with Gasteiger partial charge in [-0.3, -0.25) is 0 Å². The average Bonchev–Trinajstić information content (AvgIpc) is 3.77. The van der Waals surface area contributed by atoms with Gasteiger partial charge in [0.05, 0.1) is 0 Å². The second-order valence-electron chi connectivity index (χ2n) is 13.1. The highest BCUT2D eigenvalue weighted by atomic mass is 32.1. The number of hydrogen-bond donors (Lipinski definition) is 1. The number of thiophene rings is 2. The van der Waals surface area contributed by atoms with Crippen LogP contribution in [-0.4, -0.2) is 0 Å². The van der Waals surface area contributed by atoms with Gasteiger partial charge in [-0.1, -0.05) is 103 Å². The Balaban J connectivity index is 0.950. The molecule has 0 aliphatic heterocycles. The molecule has 4 heteroatoms. The van der Waals surface area contributed by atoms with Crippen molar-refractivity contribution in [2.45, 2.75) is 0 Å². The summed E-state index contributed by atoms with van der Waals surface area (Å²) in [6.45, 7) is 0. The van der Waals surface area contributed by atoms with Crippen LogP contribution in [0.15, 0.2) is 188 Å². The van der Waals surface area contributed by atoms with Gasteiger partial charge < -0.3 is 10.2 Å². The number of anilines is 5. The number of para-hydroxylation sites is 2. The SMILES string of the molecule is c1ccc(N(c2ccccc2)c2ccc(-c3cccc(-c4ccc5sc6cc(Nc7cccc8sc9ccccc9c78)ccc6c5c4)c3)cc2)cc1. The van der Waals surface area contributed by atoms with Crippen molar-refractivity contribution in [2.24, 2.45) is 0 Å². The van der Waals surface area contributed by atoms with Crippen LogP contribution in [0.1, 0.15) is 0 Å². The van der Waals surface area contributed by atoms with Gasteiger partial charge in [-0.05, 0) is 107 Å². The minimum Gasteiger partial charge on any atom is -0.355 e. The van der Waals surface area contributed by atoms with Crippen molar-refractivity contribution < 1.29 is 0 Å². The van der Waals surface area contributed by atoms with E-state index in [1.807, 2.05) is 22.7 Å². The Kier molecular flexibility index (Phi) is 7.56. The quantitative estimate of drug-likeness (QED) is 0.178. The number of nitrogens with zero attached hydrogens (tertiary/aromatic N) is 1. The maximum Gasteiger partial charge on any atom is 0.0478 e. The Morgan fingerprint density at radius 1 is 0.346 bits per heavy atom. The Labute approximate surface area is 310 Å². The smallest absolute Gasteiger partial charge is 0.0478 e. The van der Waals surface area contributed by atoms with E-state index in [9.17, 15) is 0 Å². The molecule has 8 aromatic carbocycles. The fourth-order valence-corrected chi connectivity index (χ4v) is 9.61. The summed E-state index contributed by atoms with van der Waals surface area (Å²) in [6, 6.07) is 67.8. The molecule has 0 atom stereocenters. The normalized spacial score (nSPS) is 11.5. The molecule has 2 heterocycles. The van der Waals surface area contributed by atoms with Crippen molar-refractivity contribution in [3.8, 4) is 22.3 Å². The van der Waals surface area contributed by atoms with E-state index < -0.39 is 0 Å². The van der Waals surface area contributed by atoms with Gasteiger partial charge in [0, 0.05) is 68.8 Å². The van der Waals surface area contributed by atoms with E-state index in [1.165, 1.54) is 62.6 Å². The number of fused-ring (bicyclic) bond motifs is 6.